The second-order valence-electron chi connectivity index (χ2n) is 6.04. The van der Waals surface area contributed by atoms with Gasteiger partial charge in [0.25, 0.3) is 0 Å². The number of rotatable bonds is 2. The third kappa shape index (κ3) is 1.99. The van der Waals surface area contributed by atoms with Crippen molar-refractivity contribution in [2.75, 3.05) is 0 Å². The largest absolute Gasteiger partial charge is 0.286 e. The zero-order valence-corrected chi connectivity index (χ0v) is 11.9. The lowest BCUT2D eigenvalue weighted by Crippen LogP contribution is -2.46. The van der Waals surface area contributed by atoms with Crippen molar-refractivity contribution >= 4 is 35.3 Å². The van der Waals surface area contributed by atoms with Gasteiger partial charge in [-0.25, -0.2) is 0 Å². The number of carbonyl (C=O) groups excluding carboxylic acids is 1. The Morgan fingerprint density at radius 3 is 2.00 bits per heavy atom. The fourth-order valence-electron chi connectivity index (χ4n) is 4.84. The van der Waals surface area contributed by atoms with Crippen LogP contribution < -0.4 is 0 Å². The quantitative estimate of drug-likeness (QED) is 0.703. The van der Waals surface area contributed by atoms with Crippen molar-refractivity contribution in [3.05, 3.63) is 0 Å². The highest BCUT2D eigenvalue weighted by atomic mass is 127. The molecular formula is C12H17IOS. The fraction of sp³-hybridized carbons (Fsp3) is 0.917. The summed E-state index contributed by atoms with van der Waals surface area (Å²) < 4.78 is 0. The molecule has 0 unspecified atom stereocenters. The molecule has 4 aliphatic rings. The Labute approximate surface area is 108 Å². The monoisotopic (exact) mass is 336 g/mol. The molecule has 3 heteroatoms. The Morgan fingerprint density at radius 1 is 1.13 bits per heavy atom. The molecule has 4 rings (SSSR count). The Hall–Kier alpha value is 0.750. The molecule has 0 aliphatic heterocycles. The minimum absolute atomic E-state index is 0.414. The molecule has 0 saturated heterocycles. The SMILES string of the molecule is O=C(CC12CC3CC(CC(C3)C1)C2)SI. The first kappa shape index (κ1) is 10.9. The van der Waals surface area contributed by atoms with Crippen LogP contribution in [-0.2, 0) is 4.79 Å². The maximum Gasteiger partial charge on any atom is 0.199 e. The van der Waals surface area contributed by atoms with Crippen molar-refractivity contribution in [3.8, 4) is 0 Å². The number of hydrogen-bond donors (Lipinski definition) is 0. The molecule has 0 N–H and O–H groups in total. The Balaban J connectivity index is 1.78. The second-order valence-corrected chi connectivity index (χ2v) is 7.97. The van der Waals surface area contributed by atoms with Crippen LogP contribution in [0.1, 0.15) is 44.9 Å². The van der Waals surface area contributed by atoms with Crippen molar-refractivity contribution in [1.82, 2.24) is 0 Å². The molecule has 0 aromatic carbocycles. The first-order valence-corrected chi connectivity index (χ1v) is 9.36. The predicted octanol–water partition coefficient (Wildman–Crippen LogP) is 4.20. The summed E-state index contributed by atoms with van der Waals surface area (Å²) >= 11 is 2.14. The van der Waals surface area contributed by atoms with Crippen LogP contribution in [0.2, 0.25) is 0 Å². The van der Waals surface area contributed by atoms with Gasteiger partial charge in [0, 0.05) is 27.6 Å². The van der Waals surface area contributed by atoms with Crippen LogP contribution in [0.15, 0.2) is 0 Å². The minimum atomic E-state index is 0.414. The molecule has 4 aliphatic carbocycles. The zero-order chi connectivity index (χ0) is 10.5. The van der Waals surface area contributed by atoms with Gasteiger partial charge in [0.2, 0.25) is 0 Å². The smallest absolute Gasteiger partial charge is 0.199 e. The van der Waals surface area contributed by atoms with Gasteiger partial charge in [0.15, 0.2) is 5.12 Å². The van der Waals surface area contributed by atoms with Crippen LogP contribution in [-0.4, -0.2) is 5.12 Å². The van der Waals surface area contributed by atoms with Crippen molar-refractivity contribution in [2.45, 2.75) is 44.9 Å². The van der Waals surface area contributed by atoms with Gasteiger partial charge < -0.3 is 0 Å². The second kappa shape index (κ2) is 3.90. The molecule has 0 aromatic heterocycles. The van der Waals surface area contributed by atoms with Gasteiger partial charge in [-0.15, -0.1) is 0 Å². The summed E-state index contributed by atoms with van der Waals surface area (Å²) in [5.74, 6) is 2.93. The minimum Gasteiger partial charge on any atom is -0.286 e. The van der Waals surface area contributed by atoms with Crippen molar-refractivity contribution in [2.24, 2.45) is 23.2 Å². The lowest BCUT2D eigenvalue weighted by Gasteiger charge is -2.56. The van der Waals surface area contributed by atoms with E-state index in [-0.39, 0.29) is 0 Å². The van der Waals surface area contributed by atoms with E-state index in [2.05, 4.69) is 21.2 Å². The van der Waals surface area contributed by atoms with E-state index in [9.17, 15) is 4.79 Å². The van der Waals surface area contributed by atoms with E-state index in [1.54, 1.807) is 0 Å². The predicted molar refractivity (Wildman–Crippen MR) is 71.8 cm³/mol. The van der Waals surface area contributed by atoms with Crippen molar-refractivity contribution < 1.29 is 4.79 Å². The van der Waals surface area contributed by atoms with E-state index in [1.807, 2.05) is 0 Å². The summed E-state index contributed by atoms with van der Waals surface area (Å²) in [4.78, 5) is 11.7. The number of halogens is 1. The Bertz CT molecular complexity index is 254. The number of hydrogen-bond acceptors (Lipinski definition) is 2. The lowest BCUT2D eigenvalue weighted by atomic mass is 9.49. The Morgan fingerprint density at radius 2 is 1.60 bits per heavy atom. The summed E-state index contributed by atoms with van der Waals surface area (Å²) in [6, 6.07) is 0. The normalized spacial score (nSPS) is 47.1. The van der Waals surface area contributed by atoms with Crippen LogP contribution in [0, 0.1) is 23.2 Å². The van der Waals surface area contributed by atoms with E-state index in [0.29, 0.717) is 10.5 Å². The van der Waals surface area contributed by atoms with E-state index < -0.39 is 0 Å². The van der Waals surface area contributed by atoms with Crippen molar-refractivity contribution in [1.29, 1.82) is 0 Å². The first-order chi connectivity index (χ1) is 7.19. The van der Waals surface area contributed by atoms with E-state index in [0.717, 1.165) is 24.2 Å². The van der Waals surface area contributed by atoms with E-state index in [1.165, 1.54) is 47.5 Å². The molecule has 0 heterocycles. The molecule has 0 radical (unpaired) electrons. The number of carbonyl (C=O) groups is 1. The van der Waals surface area contributed by atoms with Gasteiger partial charge in [-0.05, 0) is 70.6 Å². The maximum atomic E-state index is 11.7. The van der Waals surface area contributed by atoms with Crippen LogP contribution in [0.25, 0.3) is 0 Å². The third-order valence-corrected chi connectivity index (χ3v) is 6.56. The summed E-state index contributed by atoms with van der Waals surface area (Å²) in [6.07, 6.45) is 9.39. The van der Waals surface area contributed by atoms with Crippen LogP contribution in [0.4, 0.5) is 0 Å². The molecule has 0 atom stereocenters. The standard InChI is InChI=1S/C12H17IOS/c13-15-11(14)7-12-4-8-1-9(5-12)3-10(2-8)6-12/h8-10H,1-7H2. The third-order valence-electron chi connectivity index (χ3n) is 4.77. The molecule has 0 aromatic rings. The molecule has 1 nitrogen and oxygen atoms in total. The highest BCUT2D eigenvalue weighted by molar-refractivity contribution is 14.2. The van der Waals surface area contributed by atoms with Gasteiger partial charge in [-0.3, -0.25) is 4.79 Å². The fourth-order valence-corrected chi connectivity index (χ4v) is 5.67. The van der Waals surface area contributed by atoms with Gasteiger partial charge in [-0.2, -0.15) is 0 Å². The topological polar surface area (TPSA) is 17.1 Å². The van der Waals surface area contributed by atoms with Crippen LogP contribution in [0.3, 0.4) is 0 Å². The average Bonchev–Trinajstić information content (AvgIpc) is 2.14. The lowest BCUT2D eigenvalue weighted by molar-refractivity contribution is -0.119. The van der Waals surface area contributed by atoms with E-state index in [4.69, 9.17) is 0 Å². The highest BCUT2D eigenvalue weighted by Gasteiger charge is 2.51. The van der Waals surface area contributed by atoms with Gasteiger partial charge >= 0.3 is 0 Å². The summed E-state index contributed by atoms with van der Waals surface area (Å²) in [7, 11) is 1.40. The molecule has 4 bridgehead atoms. The molecule has 4 saturated carbocycles. The first-order valence-electron chi connectivity index (χ1n) is 6.00. The Kier molecular flexibility index (Phi) is 2.83. The van der Waals surface area contributed by atoms with Crippen molar-refractivity contribution in [3.63, 3.8) is 0 Å². The van der Waals surface area contributed by atoms with Crippen LogP contribution >= 0.6 is 30.1 Å². The van der Waals surface area contributed by atoms with Crippen LogP contribution in [0.5, 0.6) is 0 Å². The summed E-state index contributed by atoms with van der Waals surface area (Å²) in [6.45, 7) is 0. The zero-order valence-electron chi connectivity index (χ0n) is 8.88. The molecule has 4 fully saturated rings. The summed E-state index contributed by atoms with van der Waals surface area (Å²) in [5.41, 5.74) is 0.448. The molecule has 0 amide bonds. The molecule has 15 heavy (non-hydrogen) atoms. The average molecular weight is 336 g/mol. The summed E-state index contributed by atoms with van der Waals surface area (Å²) in [5, 5.41) is 0.414. The van der Waals surface area contributed by atoms with Gasteiger partial charge in [0.1, 0.15) is 0 Å². The highest BCUT2D eigenvalue weighted by Crippen LogP contribution is 2.61. The van der Waals surface area contributed by atoms with Gasteiger partial charge in [0.05, 0.1) is 0 Å². The van der Waals surface area contributed by atoms with Gasteiger partial charge in [-0.1, -0.05) is 0 Å². The van der Waals surface area contributed by atoms with E-state index >= 15 is 0 Å². The molecule has 0 spiro atoms. The maximum absolute atomic E-state index is 11.7. The molecular weight excluding hydrogens is 319 g/mol. The molecule has 84 valence electrons.